The first kappa shape index (κ1) is 19.9. The van der Waals surface area contributed by atoms with Crippen LogP contribution in [0.25, 0.3) is 0 Å². The lowest BCUT2D eigenvalue weighted by atomic mass is 10.2. The Morgan fingerprint density at radius 2 is 1.79 bits per heavy atom. The van der Waals surface area contributed by atoms with Gasteiger partial charge in [-0.3, -0.25) is 9.59 Å². The minimum absolute atomic E-state index is 0. The fourth-order valence-corrected chi connectivity index (χ4v) is 2.41. The van der Waals surface area contributed by atoms with Crippen LogP contribution in [0, 0.1) is 0 Å². The Bertz CT molecular complexity index is 591. The van der Waals surface area contributed by atoms with E-state index >= 15 is 0 Å². The first-order valence-electron chi connectivity index (χ1n) is 7.81. The first-order valence-corrected chi connectivity index (χ1v) is 7.81. The Balaban J connectivity index is 0.00000288. The summed E-state index contributed by atoms with van der Waals surface area (Å²) in [5.41, 5.74) is 6.80. The molecule has 7 nitrogen and oxygen atoms in total. The third kappa shape index (κ3) is 4.92. The number of ether oxygens (including phenoxy) is 2. The predicted octanol–water partition coefficient (Wildman–Crippen LogP) is 2.40. The second kappa shape index (κ2) is 9.22. The Morgan fingerprint density at radius 3 is 2.42 bits per heavy atom. The fourth-order valence-electron chi connectivity index (χ4n) is 2.41. The maximum absolute atomic E-state index is 12.0. The Labute approximate surface area is 147 Å². The van der Waals surface area contributed by atoms with Crippen LogP contribution in [-0.4, -0.2) is 36.6 Å². The van der Waals surface area contributed by atoms with Gasteiger partial charge in [0.25, 0.3) is 0 Å². The molecule has 3 N–H and O–H groups in total. The van der Waals surface area contributed by atoms with Crippen molar-refractivity contribution in [3.63, 3.8) is 0 Å². The average Bonchev–Trinajstić information content (AvgIpc) is 2.96. The van der Waals surface area contributed by atoms with Crippen LogP contribution in [0.5, 0.6) is 11.5 Å². The first-order chi connectivity index (χ1) is 11.0. The minimum atomic E-state index is -0.178. The zero-order valence-corrected chi connectivity index (χ0v) is 14.8. The lowest BCUT2D eigenvalue weighted by Crippen LogP contribution is -2.30. The number of nitrogens with zero attached hydrogens (tertiary/aromatic N) is 1. The van der Waals surface area contributed by atoms with Crippen molar-refractivity contribution in [3.05, 3.63) is 12.1 Å². The standard InChI is InChI=1S/C16H23N3O4.ClH/c1-3-19(4-2)16(21)7-5-6-15(20)18-12-9-14-13(8-11(12)17)22-10-23-14;/h8-9H,3-7,10,17H2,1-2H3,(H,18,20);1H. The Kier molecular flexibility index (Phi) is 7.64. The maximum Gasteiger partial charge on any atom is 0.231 e. The van der Waals surface area contributed by atoms with E-state index in [-0.39, 0.29) is 37.4 Å². The van der Waals surface area contributed by atoms with Crippen LogP contribution in [0.2, 0.25) is 0 Å². The summed E-state index contributed by atoms with van der Waals surface area (Å²) in [5.74, 6) is 1.03. The molecule has 134 valence electrons. The number of amides is 2. The summed E-state index contributed by atoms with van der Waals surface area (Å²) in [7, 11) is 0. The highest BCUT2D eigenvalue weighted by Crippen LogP contribution is 2.38. The zero-order chi connectivity index (χ0) is 16.8. The molecular weight excluding hydrogens is 334 g/mol. The number of benzene rings is 1. The molecule has 0 fully saturated rings. The van der Waals surface area contributed by atoms with E-state index in [9.17, 15) is 9.59 Å². The number of halogens is 1. The molecule has 0 bridgehead atoms. The van der Waals surface area contributed by atoms with Gasteiger partial charge in [-0.25, -0.2) is 0 Å². The molecule has 0 aromatic heterocycles. The zero-order valence-electron chi connectivity index (χ0n) is 14.0. The van der Waals surface area contributed by atoms with E-state index < -0.39 is 0 Å². The van der Waals surface area contributed by atoms with Gasteiger partial charge in [-0.2, -0.15) is 0 Å². The molecular formula is C16H24ClN3O4. The van der Waals surface area contributed by atoms with Gasteiger partial charge < -0.3 is 25.4 Å². The molecule has 1 aromatic rings. The number of nitrogen functional groups attached to an aromatic ring is 1. The van der Waals surface area contributed by atoms with E-state index in [4.69, 9.17) is 15.2 Å². The van der Waals surface area contributed by atoms with Crippen molar-refractivity contribution in [1.29, 1.82) is 0 Å². The molecule has 2 amide bonds. The number of nitrogens with one attached hydrogen (secondary N) is 1. The topological polar surface area (TPSA) is 93.9 Å². The smallest absolute Gasteiger partial charge is 0.231 e. The summed E-state index contributed by atoms with van der Waals surface area (Å²) in [6, 6.07) is 3.28. The predicted molar refractivity (Wildman–Crippen MR) is 94.6 cm³/mol. The molecule has 1 aromatic carbocycles. The summed E-state index contributed by atoms with van der Waals surface area (Å²) < 4.78 is 10.5. The van der Waals surface area contributed by atoms with Crippen molar-refractivity contribution >= 4 is 35.6 Å². The second-order valence-corrected chi connectivity index (χ2v) is 5.26. The second-order valence-electron chi connectivity index (χ2n) is 5.26. The number of nitrogens with two attached hydrogens (primary N) is 1. The van der Waals surface area contributed by atoms with E-state index in [0.29, 0.717) is 48.8 Å². The monoisotopic (exact) mass is 357 g/mol. The number of carbonyl (C=O) groups excluding carboxylic acids is 2. The van der Waals surface area contributed by atoms with Crippen molar-refractivity contribution in [2.24, 2.45) is 0 Å². The lowest BCUT2D eigenvalue weighted by Gasteiger charge is -2.18. The van der Waals surface area contributed by atoms with Crippen LogP contribution in [0.1, 0.15) is 33.1 Å². The van der Waals surface area contributed by atoms with Gasteiger partial charge in [0.05, 0.1) is 11.4 Å². The molecule has 0 radical (unpaired) electrons. The van der Waals surface area contributed by atoms with E-state index in [0.717, 1.165) is 0 Å². The van der Waals surface area contributed by atoms with Crippen LogP contribution in [0.3, 0.4) is 0 Å². The number of carbonyl (C=O) groups is 2. The fraction of sp³-hybridized carbons (Fsp3) is 0.500. The van der Waals surface area contributed by atoms with E-state index in [1.54, 1.807) is 17.0 Å². The van der Waals surface area contributed by atoms with Crippen LogP contribution in [0.4, 0.5) is 11.4 Å². The molecule has 1 heterocycles. The summed E-state index contributed by atoms with van der Waals surface area (Å²) in [4.78, 5) is 25.6. The van der Waals surface area contributed by atoms with Crippen LogP contribution < -0.4 is 20.5 Å². The highest BCUT2D eigenvalue weighted by molar-refractivity contribution is 5.94. The highest BCUT2D eigenvalue weighted by Gasteiger charge is 2.17. The lowest BCUT2D eigenvalue weighted by molar-refractivity contribution is -0.130. The minimum Gasteiger partial charge on any atom is -0.454 e. The molecule has 8 heteroatoms. The van der Waals surface area contributed by atoms with Crippen LogP contribution in [0.15, 0.2) is 12.1 Å². The molecule has 24 heavy (non-hydrogen) atoms. The van der Waals surface area contributed by atoms with Crippen LogP contribution in [-0.2, 0) is 9.59 Å². The molecule has 0 saturated heterocycles. The summed E-state index contributed by atoms with van der Waals surface area (Å²) in [5, 5.41) is 2.75. The highest BCUT2D eigenvalue weighted by atomic mass is 35.5. The summed E-state index contributed by atoms with van der Waals surface area (Å²) in [6.07, 6.45) is 1.14. The third-order valence-corrected chi connectivity index (χ3v) is 3.73. The number of hydrogen-bond donors (Lipinski definition) is 2. The van der Waals surface area contributed by atoms with Gasteiger partial charge in [0, 0.05) is 38.1 Å². The number of hydrogen-bond acceptors (Lipinski definition) is 5. The van der Waals surface area contributed by atoms with Gasteiger partial charge in [0.15, 0.2) is 11.5 Å². The van der Waals surface area contributed by atoms with E-state index in [1.165, 1.54) is 0 Å². The van der Waals surface area contributed by atoms with E-state index in [2.05, 4.69) is 5.32 Å². The largest absolute Gasteiger partial charge is 0.454 e. The Morgan fingerprint density at radius 1 is 1.17 bits per heavy atom. The number of fused-ring (bicyclic) bond motifs is 1. The van der Waals surface area contributed by atoms with Gasteiger partial charge in [-0.15, -0.1) is 12.4 Å². The van der Waals surface area contributed by atoms with Crippen molar-refractivity contribution in [3.8, 4) is 11.5 Å². The molecule has 0 saturated carbocycles. The third-order valence-electron chi connectivity index (χ3n) is 3.73. The number of anilines is 2. The molecule has 1 aliphatic rings. The van der Waals surface area contributed by atoms with Gasteiger partial charge in [-0.05, 0) is 20.3 Å². The molecule has 0 unspecified atom stereocenters. The van der Waals surface area contributed by atoms with E-state index in [1.807, 2.05) is 13.8 Å². The molecule has 1 aliphatic heterocycles. The quantitative estimate of drug-likeness (QED) is 0.731. The summed E-state index contributed by atoms with van der Waals surface area (Å²) in [6.45, 7) is 5.41. The SMILES string of the molecule is CCN(CC)C(=O)CCCC(=O)Nc1cc2c(cc1N)OCO2.Cl. The molecule has 0 aliphatic carbocycles. The summed E-state index contributed by atoms with van der Waals surface area (Å²) >= 11 is 0. The molecule has 0 atom stereocenters. The van der Waals surface area contributed by atoms with Crippen molar-refractivity contribution in [1.82, 2.24) is 4.90 Å². The van der Waals surface area contributed by atoms with Crippen molar-refractivity contribution in [2.45, 2.75) is 33.1 Å². The Hall–Kier alpha value is -2.15. The maximum atomic E-state index is 12.0. The van der Waals surface area contributed by atoms with Gasteiger partial charge >= 0.3 is 0 Å². The van der Waals surface area contributed by atoms with Gasteiger partial charge in [-0.1, -0.05) is 0 Å². The number of rotatable bonds is 7. The molecule has 2 rings (SSSR count). The normalized spacial score (nSPS) is 11.6. The van der Waals surface area contributed by atoms with Gasteiger partial charge in [0.2, 0.25) is 18.6 Å². The molecule has 0 spiro atoms. The average molecular weight is 358 g/mol. The van der Waals surface area contributed by atoms with Crippen molar-refractivity contribution in [2.75, 3.05) is 30.9 Å². The van der Waals surface area contributed by atoms with Crippen LogP contribution >= 0.6 is 12.4 Å². The van der Waals surface area contributed by atoms with Gasteiger partial charge in [0.1, 0.15) is 0 Å². The van der Waals surface area contributed by atoms with Crippen molar-refractivity contribution < 1.29 is 19.1 Å².